The summed E-state index contributed by atoms with van der Waals surface area (Å²) in [7, 11) is 1.34. The second kappa shape index (κ2) is 10.7. The van der Waals surface area contributed by atoms with E-state index in [1.165, 1.54) is 18.4 Å². The third-order valence-electron chi connectivity index (χ3n) is 5.63. The topological polar surface area (TPSA) is 79.1 Å². The number of nitrogens with zero attached hydrogens (tertiary/aromatic N) is 2. The minimum Gasteiger partial charge on any atom is -0.490 e. The lowest BCUT2D eigenvalue weighted by atomic mass is 9.95. The van der Waals surface area contributed by atoms with E-state index >= 15 is 0 Å². The first-order chi connectivity index (χ1) is 17.0. The maximum Gasteiger partial charge on any atom is 0.338 e. The van der Waals surface area contributed by atoms with Crippen molar-refractivity contribution in [3.05, 3.63) is 90.6 Å². The van der Waals surface area contributed by atoms with Crippen molar-refractivity contribution in [3.63, 3.8) is 0 Å². The van der Waals surface area contributed by atoms with Gasteiger partial charge in [0.25, 0.3) is 5.56 Å². The number of allylic oxidation sites excluding steroid dienone is 1. The Balaban J connectivity index is 1.91. The molecule has 1 aromatic heterocycles. The number of aromatic nitrogens is 1. The van der Waals surface area contributed by atoms with E-state index in [2.05, 4.69) is 0 Å². The molecule has 2 heterocycles. The summed E-state index contributed by atoms with van der Waals surface area (Å²) >= 11 is 1.30. The third kappa shape index (κ3) is 4.79. The first-order valence-electron chi connectivity index (χ1n) is 11.6. The highest BCUT2D eigenvalue weighted by Gasteiger charge is 2.33. The molecule has 0 fully saturated rings. The lowest BCUT2D eigenvalue weighted by Crippen LogP contribution is -2.40. The van der Waals surface area contributed by atoms with Gasteiger partial charge in [-0.1, -0.05) is 54.7 Å². The van der Waals surface area contributed by atoms with Crippen molar-refractivity contribution in [2.24, 2.45) is 4.99 Å². The Morgan fingerprint density at radius 1 is 1.06 bits per heavy atom. The smallest absolute Gasteiger partial charge is 0.338 e. The summed E-state index contributed by atoms with van der Waals surface area (Å²) in [4.78, 5) is 31.8. The van der Waals surface area contributed by atoms with Crippen LogP contribution in [0.1, 0.15) is 44.4 Å². The van der Waals surface area contributed by atoms with Gasteiger partial charge in [0.2, 0.25) is 0 Å². The van der Waals surface area contributed by atoms with Crippen molar-refractivity contribution < 1.29 is 19.0 Å². The summed E-state index contributed by atoms with van der Waals surface area (Å²) in [5, 5.41) is 0. The van der Waals surface area contributed by atoms with Crippen LogP contribution in [0.2, 0.25) is 0 Å². The SMILES string of the molecule is CCOc1ccc(/C=c2\sc3n(c2=O)[C@H](c2ccccc2)C(C(=O)OC)=C(CC)N=3)cc1OCC. The molecule has 0 bridgehead atoms. The summed E-state index contributed by atoms with van der Waals surface area (Å²) in [5.41, 5.74) is 2.42. The molecule has 7 nitrogen and oxygen atoms in total. The number of ether oxygens (including phenoxy) is 3. The Kier molecular flexibility index (Phi) is 7.51. The Hall–Kier alpha value is -3.65. The van der Waals surface area contributed by atoms with Crippen LogP contribution in [0.5, 0.6) is 11.5 Å². The molecular formula is C27H28N2O5S. The van der Waals surface area contributed by atoms with Crippen LogP contribution in [0.3, 0.4) is 0 Å². The Morgan fingerprint density at radius 3 is 2.43 bits per heavy atom. The van der Waals surface area contributed by atoms with E-state index in [1.807, 2.05) is 75.4 Å². The second-order valence-corrected chi connectivity index (χ2v) is 8.78. The van der Waals surface area contributed by atoms with Gasteiger partial charge in [0.15, 0.2) is 16.3 Å². The quantitative estimate of drug-likeness (QED) is 0.449. The zero-order valence-corrected chi connectivity index (χ0v) is 21.1. The molecule has 0 saturated heterocycles. The molecule has 0 N–H and O–H groups in total. The van der Waals surface area contributed by atoms with Crippen LogP contribution in [-0.2, 0) is 9.53 Å². The van der Waals surface area contributed by atoms with Crippen molar-refractivity contribution >= 4 is 23.4 Å². The van der Waals surface area contributed by atoms with Gasteiger partial charge in [-0.3, -0.25) is 9.36 Å². The predicted octanol–water partition coefficient (Wildman–Crippen LogP) is 3.60. The summed E-state index contributed by atoms with van der Waals surface area (Å²) in [6, 6.07) is 14.5. The number of hydrogen-bond donors (Lipinski definition) is 0. The maximum atomic E-state index is 13.7. The van der Waals surface area contributed by atoms with Crippen LogP contribution in [0.25, 0.3) is 6.08 Å². The summed E-state index contributed by atoms with van der Waals surface area (Å²) < 4.78 is 18.6. The second-order valence-electron chi connectivity index (χ2n) is 7.77. The normalized spacial score (nSPS) is 15.4. The van der Waals surface area contributed by atoms with Gasteiger partial charge in [-0.2, -0.15) is 0 Å². The van der Waals surface area contributed by atoms with Gasteiger partial charge in [0.1, 0.15) is 0 Å². The molecule has 8 heteroatoms. The van der Waals surface area contributed by atoms with Crippen molar-refractivity contribution in [3.8, 4) is 11.5 Å². The molecule has 0 unspecified atom stereocenters. The molecule has 35 heavy (non-hydrogen) atoms. The van der Waals surface area contributed by atoms with E-state index in [9.17, 15) is 9.59 Å². The van der Waals surface area contributed by atoms with E-state index in [0.717, 1.165) is 11.1 Å². The van der Waals surface area contributed by atoms with Crippen LogP contribution in [0.15, 0.2) is 69.6 Å². The minimum atomic E-state index is -0.615. The Morgan fingerprint density at radius 2 is 1.77 bits per heavy atom. The van der Waals surface area contributed by atoms with Gasteiger partial charge in [0, 0.05) is 0 Å². The van der Waals surface area contributed by atoms with E-state index < -0.39 is 12.0 Å². The number of rotatable bonds is 8. The summed E-state index contributed by atoms with van der Waals surface area (Å²) in [6.07, 6.45) is 2.35. The zero-order valence-electron chi connectivity index (χ0n) is 20.2. The molecule has 4 rings (SSSR count). The molecule has 3 aromatic rings. The Bertz CT molecular complexity index is 1440. The number of carbonyl (C=O) groups excluding carboxylic acids is 1. The minimum absolute atomic E-state index is 0.217. The predicted molar refractivity (Wildman–Crippen MR) is 136 cm³/mol. The fourth-order valence-corrected chi connectivity index (χ4v) is 5.14. The van der Waals surface area contributed by atoms with Crippen molar-refractivity contribution in [2.75, 3.05) is 20.3 Å². The average molecular weight is 493 g/mol. The van der Waals surface area contributed by atoms with Crippen LogP contribution >= 0.6 is 11.3 Å². The number of thiazole rings is 1. The Labute approximate surface area is 207 Å². The van der Waals surface area contributed by atoms with E-state index in [1.54, 1.807) is 4.57 Å². The third-order valence-corrected chi connectivity index (χ3v) is 6.61. The van der Waals surface area contributed by atoms with Crippen LogP contribution in [0, 0.1) is 0 Å². The van der Waals surface area contributed by atoms with E-state index in [0.29, 0.717) is 51.7 Å². The lowest BCUT2D eigenvalue weighted by Gasteiger charge is -2.25. The highest BCUT2D eigenvalue weighted by Crippen LogP contribution is 2.32. The van der Waals surface area contributed by atoms with Gasteiger partial charge in [0.05, 0.1) is 42.2 Å². The lowest BCUT2D eigenvalue weighted by molar-refractivity contribution is -0.136. The number of carbonyl (C=O) groups is 1. The van der Waals surface area contributed by atoms with Crippen molar-refractivity contribution in [1.82, 2.24) is 4.57 Å². The molecule has 2 aromatic carbocycles. The van der Waals surface area contributed by atoms with Gasteiger partial charge in [-0.25, -0.2) is 9.79 Å². The van der Waals surface area contributed by atoms with Gasteiger partial charge >= 0.3 is 5.97 Å². The summed E-state index contributed by atoms with van der Waals surface area (Å²) in [6.45, 7) is 6.79. The molecular weight excluding hydrogens is 464 g/mol. The monoisotopic (exact) mass is 492 g/mol. The fourth-order valence-electron chi connectivity index (χ4n) is 4.12. The molecule has 0 spiro atoms. The van der Waals surface area contributed by atoms with Crippen molar-refractivity contribution in [2.45, 2.75) is 33.2 Å². The van der Waals surface area contributed by atoms with Gasteiger partial charge < -0.3 is 14.2 Å². The largest absolute Gasteiger partial charge is 0.490 e. The first-order valence-corrected chi connectivity index (χ1v) is 12.4. The zero-order chi connectivity index (χ0) is 24.9. The van der Waals surface area contributed by atoms with Crippen LogP contribution in [0.4, 0.5) is 0 Å². The molecule has 1 atom stereocenters. The number of benzene rings is 2. The number of hydrogen-bond acceptors (Lipinski definition) is 7. The van der Waals surface area contributed by atoms with Gasteiger partial charge in [-0.15, -0.1) is 0 Å². The fraction of sp³-hybridized carbons (Fsp3) is 0.296. The molecule has 1 aliphatic rings. The highest BCUT2D eigenvalue weighted by molar-refractivity contribution is 7.07. The maximum absolute atomic E-state index is 13.7. The molecule has 0 aliphatic carbocycles. The van der Waals surface area contributed by atoms with Crippen LogP contribution < -0.4 is 24.4 Å². The molecule has 182 valence electrons. The standard InChI is InChI=1S/C27H28N2O5S/c1-5-19-23(26(31)32-4)24(18-11-9-8-10-12-18)29-25(30)22(35-27(29)28-19)16-17-13-14-20(33-6-2)21(15-17)34-7-3/h8-16,24H,5-7H2,1-4H3/b22-16-/t24-/m1/s1. The highest BCUT2D eigenvalue weighted by atomic mass is 32.1. The number of fused-ring (bicyclic) bond motifs is 1. The van der Waals surface area contributed by atoms with E-state index in [-0.39, 0.29) is 5.56 Å². The molecule has 0 radical (unpaired) electrons. The van der Waals surface area contributed by atoms with Crippen molar-refractivity contribution in [1.29, 1.82) is 0 Å². The molecule has 0 amide bonds. The van der Waals surface area contributed by atoms with E-state index in [4.69, 9.17) is 19.2 Å². The average Bonchev–Trinajstić information content (AvgIpc) is 3.19. The number of methoxy groups -OCH3 is 1. The van der Waals surface area contributed by atoms with Crippen LogP contribution in [-0.4, -0.2) is 30.9 Å². The first kappa shape index (κ1) is 24.5. The summed E-state index contributed by atoms with van der Waals surface area (Å²) in [5.74, 6) is 0.799. The molecule has 0 saturated carbocycles. The number of esters is 1. The van der Waals surface area contributed by atoms with Gasteiger partial charge in [-0.05, 0) is 49.6 Å². The molecule has 1 aliphatic heterocycles.